The number of nitrogens with one attached hydrogen (secondary N) is 1. The van der Waals surface area contributed by atoms with Gasteiger partial charge in [-0.05, 0) is 19.4 Å². The van der Waals surface area contributed by atoms with E-state index in [4.69, 9.17) is 0 Å². The van der Waals surface area contributed by atoms with E-state index >= 15 is 0 Å². The molecule has 0 aliphatic carbocycles. The van der Waals surface area contributed by atoms with Crippen molar-refractivity contribution in [3.05, 3.63) is 59.4 Å². The van der Waals surface area contributed by atoms with E-state index in [1.54, 1.807) is 0 Å². The van der Waals surface area contributed by atoms with Crippen molar-refractivity contribution in [1.29, 1.82) is 0 Å². The van der Waals surface area contributed by atoms with Gasteiger partial charge in [-0.15, -0.1) is 0 Å². The van der Waals surface area contributed by atoms with Crippen LogP contribution < -0.4 is 10.2 Å². The van der Waals surface area contributed by atoms with Crippen LogP contribution in [-0.4, -0.2) is 34.2 Å². The number of benzene rings is 1. The van der Waals surface area contributed by atoms with Crippen LogP contribution in [0.25, 0.3) is 5.65 Å². The van der Waals surface area contributed by atoms with E-state index in [0.717, 1.165) is 31.0 Å². The third-order valence-electron chi connectivity index (χ3n) is 4.66. The summed E-state index contributed by atoms with van der Waals surface area (Å²) in [6, 6.07) is 12.9. The van der Waals surface area contributed by atoms with Crippen LogP contribution in [0.5, 0.6) is 0 Å². The Bertz CT molecular complexity index is 824. The van der Waals surface area contributed by atoms with E-state index in [2.05, 4.69) is 64.5 Å². The van der Waals surface area contributed by atoms with Gasteiger partial charge in [0.2, 0.25) is 0 Å². The molecular formula is C18H21N5. The summed E-state index contributed by atoms with van der Waals surface area (Å²) in [5, 5.41) is 8.11. The number of hydrogen-bond donors (Lipinski definition) is 1. The van der Waals surface area contributed by atoms with Gasteiger partial charge in [0.1, 0.15) is 5.82 Å². The van der Waals surface area contributed by atoms with Crippen molar-refractivity contribution in [3.8, 4) is 0 Å². The molecule has 4 rings (SSSR count). The lowest BCUT2D eigenvalue weighted by molar-refractivity contribution is 0.466. The Kier molecular flexibility index (Phi) is 3.50. The third kappa shape index (κ3) is 2.47. The lowest BCUT2D eigenvalue weighted by atomic mass is 10.0. The van der Waals surface area contributed by atoms with E-state index in [1.165, 1.54) is 16.9 Å². The minimum absolute atomic E-state index is 0.337. The summed E-state index contributed by atoms with van der Waals surface area (Å²) in [7, 11) is 0. The fourth-order valence-electron chi connectivity index (χ4n) is 3.34. The Morgan fingerprint density at radius 2 is 1.96 bits per heavy atom. The van der Waals surface area contributed by atoms with E-state index < -0.39 is 0 Å². The van der Waals surface area contributed by atoms with Crippen molar-refractivity contribution in [1.82, 2.24) is 19.9 Å². The molecule has 5 heteroatoms. The number of rotatable bonds is 2. The second-order valence-electron chi connectivity index (χ2n) is 6.11. The molecule has 1 unspecified atom stereocenters. The molecule has 1 aliphatic rings. The summed E-state index contributed by atoms with van der Waals surface area (Å²) in [6.45, 7) is 7.08. The normalized spacial score (nSPS) is 18.5. The van der Waals surface area contributed by atoms with Crippen LogP contribution in [0.3, 0.4) is 0 Å². The lowest BCUT2D eigenvalue weighted by Gasteiger charge is -2.36. The van der Waals surface area contributed by atoms with Crippen LogP contribution in [0.4, 0.5) is 5.82 Å². The van der Waals surface area contributed by atoms with E-state index in [-0.39, 0.29) is 0 Å². The maximum atomic E-state index is 4.63. The number of hydrogen-bond acceptors (Lipinski definition) is 4. The Balaban J connectivity index is 1.73. The first kappa shape index (κ1) is 14.2. The standard InChI is InChI=1S/C18H21N5/c1-13-14(2)21-17-8-9-20-23(17)18(13)22-11-10-19-16(12-22)15-6-4-3-5-7-15/h3-9,16,19H,10-12H2,1-2H3. The molecule has 1 atom stereocenters. The number of aryl methyl sites for hydroxylation is 1. The van der Waals surface area contributed by atoms with Crippen molar-refractivity contribution in [2.24, 2.45) is 0 Å². The smallest absolute Gasteiger partial charge is 0.157 e. The summed E-state index contributed by atoms with van der Waals surface area (Å²) < 4.78 is 1.97. The molecule has 0 saturated carbocycles. The van der Waals surface area contributed by atoms with Crippen LogP contribution in [0.15, 0.2) is 42.6 Å². The maximum absolute atomic E-state index is 4.63. The highest BCUT2D eigenvalue weighted by Gasteiger charge is 2.24. The van der Waals surface area contributed by atoms with Crippen molar-refractivity contribution < 1.29 is 0 Å². The first-order valence-electron chi connectivity index (χ1n) is 8.08. The number of fused-ring (bicyclic) bond motifs is 1. The summed E-state index contributed by atoms with van der Waals surface area (Å²) in [4.78, 5) is 7.05. The Labute approximate surface area is 136 Å². The SMILES string of the molecule is Cc1nc2ccnn2c(N2CCNC(c3ccccc3)C2)c1C. The first-order valence-corrected chi connectivity index (χ1v) is 8.08. The van der Waals surface area contributed by atoms with Gasteiger partial charge in [-0.3, -0.25) is 0 Å². The maximum Gasteiger partial charge on any atom is 0.157 e. The van der Waals surface area contributed by atoms with Gasteiger partial charge in [0.25, 0.3) is 0 Å². The Morgan fingerprint density at radius 3 is 2.78 bits per heavy atom. The van der Waals surface area contributed by atoms with Crippen LogP contribution in [0, 0.1) is 13.8 Å². The minimum atomic E-state index is 0.337. The van der Waals surface area contributed by atoms with Crippen molar-refractivity contribution >= 4 is 11.5 Å². The molecule has 1 fully saturated rings. The van der Waals surface area contributed by atoms with Crippen LogP contribution in [-0.2, 0) is 0 Å². The van der Waals surface area contributed by atoms with Gasteiger partial charge in [0, 0.05) is 43.0 Å². The quantitative estimate of drug-likeness (QED) is 0.790. The molecule has 0 spiro atoms. The molecule has 5 nitrogen and oxygen atoms in total. The van der Waals surface area contributed by atoms with Gasteiger partial charge in [0.15, 0.2) is 5.65 Å². The number of aromatic nitrogens is 3. The van der Waals surface area contributed by atoms with Crippen molar-refractivity contribution in [2.45, 2.75) is 19.9 Å². The second-order valence-corrected chi connectivity index (χ2v) is 6.11. The molecule has 2 aromatic heterocycles. The van der Waals surface area contributed by atoms with Crippen molar-refractivity contribution in [3.63, 3.8) is 0 Å². The van der Waals surface area contributed by atoms with Crippen LogP contribution in [0.2, 0.25) is 0 Å². The van der Waals surface area contributed by atoms with E-state index in [1.807, 2.05) is 16.8 Å². The highest BCUT2D eigenvalue weighted by atomic mass is 15.4. The van der Waals surface area contributed by atoms with Gasteiger partial charge in [-0.25, -0.2) is 4.98 Å². The Hall–Kier alpha value is -2.40. The van der Waals surface area contributed by atoms with Crippen LogP contribution in [0.1, 0.15) is 22.9 Å². The topological polar surface area (TPSA) is 45.5 Å². The van der Waals surface area contributed by atoms with Crippen LogP contribution >= 0.6 is 0 Å². The number of anilines is 1. The molecular weight excluding hydrogens is 286 g/mol. The molecule has 23 heavy (non-hydrogen) atoms. The molecule has 1 N–H and O–H groups in total. The fourth-order valence-corrected chi connectivity index (χ4v) is 3.34. The average molecular weight is 307 g/mol. The van der Waals surface area contributed by atoms with Gasteiger partial charge < -0.3 is 10.2 Å². The summed E-state index contributed by atoms with van der Waals surface area (Å²) >= 11 is 0. The monoisotopic (exact) mass is 307 g/mol. The summed E-state index contributed by atoms with van der Waals surface area (Å²) in [5.41, 5.74) is 4.52. The first-order chi connectivity index (χ1) is 11.2. The molecule has 0 bridgehead atoms. The molecule has 1 aliphatic heterocycles. The zero-order valence-corrected chi connectivity index (χ0v) is 13.5. The van der Waals surface area contributed by atoms with Gasteiger partial charge in [0.05, 0.1) is 6.20 Å². The van der Waals surface area contributed by atoms with E-state index in [0.29, 0.717) is 6.04 Å². The highest BCUT2D eigenvalue weighted by Crippen LogP contribution is 2.27. The summed E-state index contributed by atoms with van der Waals surface area (Å²) in [5.74, 6) is 1.17. The average Bonchev–Trinajstić information content (AvgIpc) is 3.04. The molecule has 0 radical (unpaired) electrons. The van der Waals surface area contributed by atoms with Crippen molar-refractivity contribution in [2.75, 3.05) is 24.5 Å². The molecule has 118 valence electrons. The largest absolute Gasteiger partial charge is 0.353 e. The predicted octanol–water partition coefficient (Wildman–Crippen LogP) is 2.50. The predicted molar refractivity (Wildman–Crippen MR) is 91.9 cm³/mol. The molecule has 3 heterocycles. The van der Waals surface area contributed by atoms with E-state index in [9.17, 15) is 0 Å². The molecule has 3 aromatic rings. The number of nitrogens with zero attached hydrogens (tertiary/aromatic N) is 4. The van der Waals surface area contributed by atoms with Gasteiger partial charge in [-0.2, -0.15) is 9.61 Å². The highest BCUT2D eigenvalue weighted by molar-refractivity contribution is 5.56. The molecule has 0 amide bonds. The fraction of sp³-hybridized carbons (Fsp3) is 0.333. The van der Waals surface area contributed by atoms with Gasteiger partial charge >= 0.3 is 0 Å². The minimum Gasteiger partial charge on any atom is -0.353 e. The lowest BCUT2D eigenvalue weighted by Crippen LogP contribution is -2.46. The Morgan fingerprint density at radius 1 is 1.13 bits per heavy atom. The second kappa shape index (κ2) is 5.66. The third-order valence-corrected chi connectivity index (χ3v) is 4.66. The zero-order chi connectivity index (χ0) is 15.8. The molecule has 1 saturated heterocycles. The zero-order valence-electron chi connectivity index (χ0n) is 13.5. The number of piperazine rings is 1. The van der Waals surface area contributed by atoms with Gasteiger partial charge in [-0.1, -0.05) is 30.3 Å². The molecule has 1 aromatic carbocycles. The summed E-state index contributed by atoms with van der Waals surface area (Å²) in [6.07, 6.45) is 1.82.